The molecule has 1 unspecified atom stereocenters. The summed E-state index contributed by atoms with van der Waals surface area (Å²) in [6.45, 7) is 0. The van der Waals surface area contributed by atoms with Crippen molar-refractivity contribution in [1.82, 2.24) is 4.57 Å². The molecule has 0 amide bonds. The predicted molar refractivity (Wildman–Crippen MR) is 209 cm³/mol. The molecule has 8 aromatic carbocycles. The van der Waals surface area contributed by atoms with E-state index in [-0.39, 0.29) is 0 Å². The van der Waals surface area contributed by atoms with Crippen molar-refractivity contribution in [3.63, 3.8) is 0 Å². The van der Waals surface area contributed by atoms with Gasteiger partial charge in [-0.25, -0.2) is 0 Å². The maximum absolute atomic E-state index is 6.77. The molecule has 9 aromatic rings. The minimum Gasteiger partial charge on any atom is -0.457 e. The number of fused-ring (bicyclic) bond motifs is 11. The summed E-state index contributed by atoms with van der Waals surface area (Å²) in [5.41, 5.74) is 15.2. The highest BCUT2D eigenvalue weighted by atomic mass is 16.5. The zero-order valence-corrected chi connectivity index (χ0v) is 27.8. The Kier molecular flexibility index (Phi) is 5.91. The third kappa shape index (κ3) is 3.93. The van der Waals surface area contributed by atoms with Gasteiger partial charge in [-0.3, -0.25) is 0 Å². The lowest BCUT2D eigenvalue weighted by molar-refractivity contribution is 0.434. The maximum atomic E-state index is 6.77. The molecule has 2 aliphatic rings. The van der Waals surface area contributed by atoms with Crippen LogP contribution in [-0.4, -0.2) is 4.57 Å². The van der Waals surface area contributed by atoms with Crippen LogP contribution in [0.5, 0.6) is 11.5 Å². The van der Waals surface area contributed by atoms with E-state index in [0.29, 0.717) is 0 Å². The zero-order valence-electron chi connectivity index (χ0n) is 27.8. The van der Waals surface area contributed by atoms with Gasteiger partial charge in [-0.2, -0.15) is 0 Å². The first kappa shape index (κ1) is 28.2. The average Bonchev–Trinajstić information content (AvgIpc) is 3.55. The summed E-state index contributed by atoms with van der Waals surface area (Å²) >= 11 is 0. The number of rotatable bonds is 3. The summed E-state index contributed by atoms with van der Waals surface area (Å²) in [4.78, 5) is 0. The molecule has 1 spiro atoms. The van der Waals surface area contributed by atoms with Crippen LogP contribution in [0.3, 0.4) is 0 Å². The van der Waals surface area contributed by atoms with E-state index in [0.717, 1.165) is 22.6 Å². The Labute approximate surface area is 296 Å². The fraction of sp³-hybridized carbons (Fsp3) is 0.0204. The first-order chi connectivity index (χ1) is 25.3. The van der Waals surface area contributed by atoms with E-state index >= 15 is 0 Å². The first-order valence-corrected chi connectivity index (χ1v) is 17.6. The summed E-state index contributed by atoms with van der Waals surface area (Å²) in [6.07, 6.45) is 0. The number of nitrogens with zero attached hydrogens (tertiary/aromatic N) is 1. The normalized spacial score (nSPS) is 15.3. The number of hydrogen-bond acceptors (Lipinski definition) is 1. The number of hydrogen-bond donors (Lipinski definition) is 0. The van der Waals surface area contributed by atoms with Crippen molar-refractivity contribution >= 4 is 21.8 Å². The molecule has 238 valence electrons. The fourth-order valence-electron chi connectivity index (χ4n) is 8.84. The Morgan fingerprint density at radius 3 is 1.65 bits per heavy atom. The van der Waals surface area contributed by atoms with Gasteiger partial charge in [0.05, 0.1) is 22.1 Å². The minimum absolute atomic E-state index is 0.582. The lowest BCUT2D eigenvalue weighted by Gasteiger charge is -2.45. The highest BCUT2D eigenvalue weighted by Gasteiger charge is 2.50. The summed E-state index contributed by atoms with van der Waals surface area (Å²) < 4.78 is 9.24. The van der Waals surface area contributed by atoms with E-state index in [1.807, 2.05) is 0 Å². The largest absolute Gasteiger partial charge is 0.457 e. The Hall–Kier alpha value is -6.64. The molecular formula is C49H31NO. The van der Waals surface area contributed by atoms with Gasteiger partial charge in [-0.15, -0.1) is 0 Å². The lowest BCUT2D eigenvalue weighted by atomic mass is 9.61. The minimum atomic E-state index is -0.582. The van der Waals surface area contributed by atoms with Crippen LogP contribution in [-0.2, 0) is 5.41 Å². The SMILES string of the molecule is c1ccc(-c2ccc(-c3ccc(-c4ccc5c(c4)C4(c6ccccc6O5)c5ccccc5-n5c6ccccc6c6cccc4c65)cc3)cc2)cc1. The van der Waals surface area contributed by atoms with Crippen molar-refractivity contribution in [3.8, 4) is 50.6 Å². The molecule has 11 rings (SSSR count). The van der Waals surface area contributed by atoms with Gasteiger partial charge in [0.2, 0.25) is 0 Å². The highest BCUT2D eigenvalue weighted by Crippen LogP contribution is 2.60. The summed E-state index contributed by atoms with van der Waals surface area (Å²) in [7, 11) is 0. The second-order valence-corrected chi connectivity index (χ2v) is 13.7. The fourth-order valence-corrected chi connectivity index (χ4v) is 8.84. The third-order valence-electron chi connectivity index (χ3n) is 11.1. The van der Waals surface area contributed by atoms with Crippen molar-refractivity contribution in [2.24, 2.45) is 0 Å². The molecule has 51 heavy (non-hydrogen) atoms. The molecule has 2 nitrogen and oxygen atoms in total. The van der Waals surface area contributed by atoms with Crippen LogP contribution in [0.25, 0.3) is 60.9 Å². The third-order valence-corrected chi connectivity index (χ3v) is 11.1. The monoisotopic (exact) mass is 649 g/mol. The standard InChI is InChI=1S/C49H31NO/c1-2-11-32(12-3-1)33-21-23-34(24-22-33)35-25-27-36(28-26-35)37-29-30-47-43(31-37)49(41-16-6-9-20-46(41)51-47)40-15-5-8-19-45(40)50-44-18-7-4-13-38(44)39-14-10-17-42(49)48(39)50/h1-31H. The van der Waals surface area contributed by atoms with Crippen molar-refractivity contribution in [2.45, 2.75) is 5.41 Å². The molecule has 1 aromatic heterocycles. The van der Waals surface area contributed by atoms with E-state index in [1.165, 1.54) is 72.0 Å². The van der Waals surface area contributed by atoms with Crippen LogP contribution >= 0.6 is 0 Å². The van der Waals surface area contributed by atoms with Crippen molar-refractivity contribution in [1.29, 1.82) is 0 Å². The molecule has 0 N–H and O–H groups in total. The molecule has 0 saturated heterocycles. The van der Waals surface area contributed by atoms with E-state index < -0.39 is 5.41 Å². The van der Waals surface area contributed by atoms with Gasteiger partial charge >= 0.3 is 0 Å². The molecular weight excluding hydrogens is 619 g/mol. The Balaban J connectivity index is 1.11. The van der Waals surface area contributed by atoms with Crippen LogP contribution < -0.4 is 4.74 Å². The quantitative estimate of drug-likeness (QED) is 0.186. The van der Waals surface area contributed by atoms with Gasteiger partial charge in [0, 0.05) is 21.9 Å². The van der Waals surface area contributed by atoms with Crippen LogP contribution in [0, 0.1) is 0 Å². The molecule has 3 heterocycles. The van der Waals surface area contributed by atoms with E-state index in [4.69, 9.17) is 4.74 Å². The number of aromatic nitrogens is 1. The van der Waals surface area contributed by atoms with Crippen LogP contribution in [0.2, 0.25) is 0 Å². The molecule has 0 bridgehead atoms. The van der Waals surface area contributed by atoms with Gasteiger partial charge < -0.3 is 9.30 Å². The Morgan fingerprint density at radius 2 is 0.882 bits per heavy atom. The van der Waals surface area contributed by atoms with Crippen LogP contribution in [0.15, 0.2) is 188 Å². The smallest absolute Gasteiger partial charge is 0.132 e. The van der Waals surface area contributed by atoms with E-state index in [1.54, 1.807) is 0 Å². The van der Waals surface area contributed by atoms with Gasteiger partial charge in [0.1, 0.15) is 11.5 Å². The number of benzene rings is 8. The van der Waals surface area contributed by atoms with Crippen LogP contribution in [0.4, 0.5) is 0 Å². The molecule has 1 atom stereocenters. The number of ether oxygens (including phenoxy) is 1. The van der Waals surface area contributed by atoms with Gasteiger partial charge in [0.15, 0.2) is 0 Å². The Morgan fingerprint density at radius 1 is 0.353 bits per heavy atom. The second kappa shape index (κ2) is 10.7. The molecule has 0 radical (unpaired) electrons. The van der Waals surface area contributed by atoms with Gasteiger partial charge in [0.25, 0.3) is 0 Å². The lowest BCUT2D eigenvalue weighted by Crippen LogP contribution is -2.37. The molecule has 0 saturated carbocycles. The zero-order chi connectivity index (χ0) is 33.5. The van der Waals surface area contributed by atoms with Crippen LogP contribution in [0.1, 0.15) is 22.3 Å². The molecule has 2 aliphatic heterocycles. The summed E-state index contributed by atoms with van der Waals surface area (Å²) in [6, 6.07) is 68.3. The number of para-hydroxylation sites is 4. The van der Waals surface area contributed by atoms with E-state index in [2.05, 4.69) is 193 Å². The van der Waals surface area contributed by atoms with E-state index in [9.17, 15) is 0 Å². The van der Waals surface area contributed by atoms with Gasteiger partial charge in [-0.05, 0) is 74.8 Å². The molecule has 0 aliphatic carbocycles. The predicted octanol–water partition coefficient (Wildman–Crippen LogP) is 12.6. The first-order valence-electron chi connectivity index (χ1n) is 17.6. The van der Waals surface area contributed by atoms with Crippen molar-refractivity contribution in [2.75, 3.05) is 0 Å². The summed E-state index contributed by atoms with van der Waals surface area (Å²) in [5, 5.41) is 2.54. The topological polar surface area (TPSA) is 14.2 Å². The molecule has 0 fully saturated rings. The van der Waals surface area contributed by atoms with Crippen molar-refractivity contribution < 1.29 is 4.74 Å². The summed E-state index contributed by atoms with van der Waals surface area (Å²) in [5.74, 6) is 1.79. The highest BCUT2D eigenvalue weighted by molar-refractivity contribution is 6.12. The molecule has 2 heteroatoms. The average molecular weight is 650 g/mol. The van der Waals surface area contributed by atoms with Crippen molar-refractivity contribution in [3.05, 3.63) is 210 Å². The van der Waals surface area contributed by atoms with Gasteiger partial charge in [-0.1, -0.05) is 158 Å². The Bertz CT molecular complexity index is 2810. The maximum Gasteiger partial charge on any atom is 0.132 e. The second-order valence-electron chi connectivity index (χ2n) is 13.7.